The molecule has 0 fully saturated rings. The zero-order chi connectivity index (χ0) is 19.6. The predicted molar refractivity (Wildman–Crippen MR) is 103 cm³/mol. The fourth-order valence-corrected chi connectivity index (χ4v) is 2.80. The number of hydrogen-bond acceptors (Lipinski definition) is 6. The average molecular weight is 366 g/mol. The smallest absolute Gasteiger partial charge is 0.272 e. The highest BCUT2D eigenvalue weighted by Crippen LogP contribution is 2.26. The number of ether oxygens (including phenoxy) is 2. The maximum absolute atomic E-state index is 11.9. The number of hydrogen-bond donors (Lipinski definition) is 2. The molecule has 0 aliphatic carbocycles. The minimum absolute atomic E-state index is 0.00256. The highest BCUT2D eigenvalue weighted by Gasteiger charge is 2.18. The van der Waals surface area contributed by atoms with Crippen molar-refractivity contribution in [3.05, 3.63) is 58.8 Å². The molecule has 0 aliphatic heterocycles. The molecular formula is C20H22N4O3. The standard InChI is InChI=1S/C20H22N4O3/c1-11-8-15(12(2)21)17-16(9-11)23-18(19(22)25)20(24-17)27-10-13-4-6-14(26-3)7-5-13/h4-9,12H,10,21H2,1-3H3,(H2,22,25)/t12-/m1/s1. The van der Waals surface area contributed by atoms with Crippen molar-refractivity contribution in [3.8, 4) is 11.6 Å². The Morgan fingerprint density at radius 3 is 2.48 bits per heavy atom. The molecule has 2 aromatic carbocycles. The number of carbonyl (C=O) groups is 1. The van der Waals surface area contributed by atoms with Crippen LogP contribution in [-0.4, -0.2) is 23.0 Å². The number of aryl methyl sites for hydroxylation is 1. The molecule has 27 heavy (non-hydrogen) atoms. The molecule has 7 heteroatoms. The summed E-state index contributed by atoms with van der Waals surface area (Å²) in [7, 11) is 1.60. The fraction of sp³-hybridized carbons (Fsp3) is 0.250. The number of carbonyl (C=O) groups excluding carboxylic acids is 1. The van der Waals surface area contributed by atoms with Gasteiger partial charge < -0.3 is 20.9 Å². The number of aromatic nitrogens is 2. The summed E-state index contributed by atoms with van der Waals surface area (Å²) in [6.07, 6.45) is 0. The molecular weight excluding hydrogens is 344 g/mol. The van der Waals surface area contributed by atoms with Gasteiger partial charge in [0.2, 0.25) is 5.88 Å². The van der Waals surface area contributed by atoms with Crippen LogP contribution in [0.4, 0.5) is 0 Å². The van der Waals surface area contributed by atoms with Crippen LogP contribution in [0.15, 0.2) is 36.4 Å². The summed E-state index contributed by atoms with van der Waals surface area (Å²) in [5, 5.41) is 0. The third-order valence-corrected chi connectivity index (χ3v) is 4.17. The van der Waals surface area contributed by atoms with Crippen LogP contribution < -0.4 is 20.9 Å². The molecule has 1 amide bonds. The van der Waals surface area contributed by atoms with Gasteiger partial charge in [0.25, 0.3) is 5.91 Å². The summed E-state index contributed by atoms with van der Waals surface area (Å²) >= 11 is 0. The number of nitrogens with two attached hydrogens (primary N) is 2. The second-order valence-electron chi connectivity index (χ2n) is 6.39. The first kappa shape index (κ1) is 18.6. The van der Waals surface area contributed by atoms with Crippen LogP contribution in [0.5, 0.6) is 11.6 Å². The van der Waals surface area contributed by atoms with E-state index >= 15 is 0 Å². The molecule has 3 rings (SSSR count). The van der Waals surface area contributed by atoms with E-state index in [1.54, 1.807) is 7.11 Å². The third-order valence-electron chi connectivity index (χ3n) is 4.17. The van der Waals surface area contributed by atoms with Crippen LogP contribution in [0.25, 0.3) is 11.0 Å². The lowest BCUT2D eigenvalue weighted by Crippen LogP contribution is -2.17. The van der Waals surface area contributed by atoms with Crippen molar-refractivity contribution in [1.29, 1.82) is 0 Å². The summed E-state index contributed by atoms with van der Waals surface area (Å²) in [6.45, 7) is 4.02. The third kappa shape index (κ3) is 3.98. The maximum atomic E-state index is 11.9. The number of amides is 1. The fourth-order valence-electron chi connectivity index (χ4n) is 2.80. The summed E-state index contributed by atoms with van der Waals surface area (Å²) in [6, 6.07) is 11.0. The second-order valence-corrected chi connectivity index (χ2v) is 6.39. The lowest BCUT2D eigenvalue weighted by molar-refractivity contribution is 0.0990. The molecule has 0 unspecified atom stereocenters. The van der Waals surface area contributed by atoms with Crippen molar-refractivity contribution in [1.82, 2.24) is 9.97 Å². The first-order valence-corrected chi connectivity index (χ1v) is 8.52. The monoisotopic (exact) mass is 366 g/mol. The average Bonchev–Trinajstić information content (AvgIpc) is 2.65. The molecule has 1 aromatic heterocycles. The largest absolute Gasteiger partial charge is 0.497 e. The molecule has 1 heterocycles. The van der Waals surface area contributed by atoms with Gasteiger partial charge >= 0.3 is 0 Å². The van der Waals surface area contributed by atoms with Crippen LogP contribution in [-0.2, 0) is 6.61 Å². The SMILES string of the molecule is COc1ccc(COc2nc3c([C@@H](C)N)cc(C)cc3nc2C(N)=O)cc1. The van der Waals surface area contributed by atoms with E-state index in [9.17, 15) is 4.79 Å². The Hall–Kier alpha value is -3.19. The van der Waals surface area contributed by atoms with Crippen molar-refractivity contribution in [2.24, 2.45) is 11.5 Å². The van der Waals surface area contributed by atoms with E-state index in [2.05, 4.69) is 9.97 Å². The minimum Gasteiger partial charge on any atom is -0.497 e. The molecule has 0 bridgehead atoms. The number of benzene rings is 2. The molecule has 1 atom stereocenters. The second kappa shape index (κ2) is 7.59. The topological polar surface area (TPSA) is 113 Å². The van der Waals surface area contributed by atoms with E-state index in [4.69, 9.17) is 20.9 Å². The van der Waals surface area contributed by atoms with Crippen LogP contribution in [0.3, 0.4) is 0 Å². The van der Waals surface area contributed by atoms with Gasteiger partial charge in [0.15, 0.2) is 5.69 Å². The van der Waals surface area contributed by atoms with Gasteiger partial charge in [-0.15, -0.1) is 0 Å². The predicted octanol–water partition coefficient (Wildman–Crippen LogP) is 2.64. The highest BCUT2D eigenvalue weighted by molar-refractivity contribution is 5.95. The number of methoxy groups -OCH3 is 1. The minimum atomic E-state index is -0.696. The van der Waals surface area contributed by atoms with Crippen molar-refractivity contribution >= 4 is 16.9 Å². The van der Waals surface area contributed by atoms with Gasteiger partial charge in [0.1, 0.15) is 12.4 Å². The molecule has 0 radical (unpaired) electrons. The molecule has 7 nitrogen and oxygen atoms in total. The zero-order valence-electron chi connectivity index (χ0n) is 15.5. The Bertz CT molecular complexity index is 985. The summed E-state index contributed by atoms with van der Waals surface area (Å²) in [5.41, 5.74) is 15.4. The van der Waals surface area contributed by atoms with Crippen LogP contribution in [0.1, 0.15) is 40.1 Å². The van der Waals surface area contributed by atoms with E-state index in [-0.39, 0.29) is 24.2 Å². The molecule has 0 spiro atoms. The Morgan fingerprint density at radius 1 is 1.19 bits per heavy atom. The van der Waals surface area contributed by atoms with Crippen LogP contribution >= 0.6 is 0 Å². The van der Waals surface area contributed by atoms with Crippen LogP contribution in [0, 0.1) is 6.92 Å². The molecule has 4 N–H and O–H groups in total. The van der Waals surface area contributed by atoms with E-state index in [1.165, 1.54) is 0 Å². The number of primary amides is 1. The van der Waals surface area contributed by atoms with Gasteiger partial charge in [-0.25, -0.2) is 9.97 Å². The summed E-state index contributed by atoms with van der Waals surface area (Å²) < 4.78 is 10.9. The molecule has 0 saturated heterocycles. The highest BCUT2D eigenvalue weighted by atomic mass is 16.5. The lowest BCUT2D eigenvalue weighted by Gasteiger charge is -2.14. The number of nitrogens with zero attached hydrogens (tertiary/aromatic N) is 2. The lowest BCUT2D eigenvalue weighted by atomic mass is 10.0. The Morgan fingerprint density at radius 2 is 1.89 bits per heavy atom. The Kier molecular flexibility index (Phi) is 5.23. The van der Waals surface area contributed by atoms with Gasteiger partial charge in [-0.05, 0) is 48.7 Å². The van der Waals surface area contributed by atoms with Gasteiger partial charge in [-0.3, -0.25) is 4.79 Å². The first-order chi connectivity index (χ1) is 12.9. The normalized spacial score (nSPS) is 12.0. The van der Waals surface area contributed by atoms with Crippen molar-refractivity contribution in [3.63, 3.8) is 0 Å². The van der Waals surface area contributed by atoms with Gasteiger partial charge in [-0.2, -0.15) is 0 Å². The number of rotatable bonds is 6. The molecule has 0 saturated carbocycles. The Labute approximate surface area is 157 Å². The van der Waals surface area contributed by atoms with Crippen LogP contribution in [0.2, 0.25) is 0 Å². The van der Waals surface area contributed by atoms with E-state index in [0.29, 0.717) is 11.0 Å². The van der Waals surface area contributed by atoms with Gasteiger partial charge in [-0.1, -0.05) is 18.2 Å². The molecule has 0 aliphatic rings. The van der Waals surface area contributed by atoms with E-state index < -0.39 is 5.91 Å². The first-order valence-electron chi connectivity index (χ1n) is 8.52. The van der Waals surface area contributed by atoms with E-state index in [1.807, 2.05) is 50.2 Å². The number of fused-ring (bicyclic) bond motifs is 1. The molecule has 140 valence electrons. The van der Waals surface area contributed by atoms with Crippen molar-refractivity contribution in [2.75, 3.05) is 7.11 Å². The zero-order valence-corrected chi connectivity index (χ0v) is 15.5. The van der Waals surface area contributed by atoms with Gasteiger partial charge in [0, 0.05) is 6.04 Å². The summed E-state index contributed by atoms with van der Waals surface area (Å²) in [5.74, 6) is 0.147. The van der Waals surface area contributed by atoms with Gasteiger partial charge in [0.05, 0.1) is 18.1 Å². The van der Waals surface area contributed by atoms with E-state index in [0.717, 1.165) is 22.4 Å². The quantitative estimate of drug-likeness (QED) is 0.693. The Balaban J connectivity index is 2.01. The van der Waals surface area contributed by atoms with Crippen molar-refractivity contribution in [2.45, 2.75) is 26.5 Å². The van der Waals surface area contributed by atoms with Crippen molar-refractivity contribution < 1.29 is 14.3 Å². The molecule has 3 aromatic rings. The summed E-state index contributed by atoms with van der Waals surface area (Å²) in [4.78, 5) is 20.8. The maximum Gasteiger partial charge on any atom is 0.272 e.